The van der Waals surface area contributed by atoms with Gasteiger partial charge in [-0.1, -0.05) is 37.3 Å². The SMILES string of the molecule is C[C@@H](CN1CC2(CCN(C(=O)CCN(C)C)CC2)OC1=O)c1ccccc1. The molecule has 3 rings (SSSR count). The Balaban J connectivity index is 1.52. The van der Waals surface area contributed by atoms with Gasteiger partial charge in [-0.3, -0.25) is 4.79 Å². The van der Waals surface area contributed by atoms with Crippen molar-refractivity contribution in [3.8, 4) is 0 Å². The molecule has 1 aromatic carbocycles. The minimum absolute atomic E-state index is 0.192. The molecule has 0 radical (unpaired) electrons. The second-order valence-corrected chi connectivity index (χ2v) is 8.18. The lowest BCUT2D eigenvalue weighted by Crippen LogP contribution is -2.49. The molecule has 2 heterocycles. The fourth-order valence-corrected chi connectivity index (χ4v) is 3.95. The summed E-state index contributed by atoms with van der Waals surface area (Å²) < 4.78 is 5.81. The van der Waals surface area contributed by atoms with Gasteiger partial charge in [0, 0.05) is 45.4 Å². The van der Waals surface area contributed by atoms with E-state index in [-0.39, 0.29) is 17.9 Å². The van der Waals surface area contributed by atoms with Crippen molar-refractivity contribution in [1.82, 2.24) is 14.7 Å². The van der Waals surface area contributed by atoms with Crippen LogP contribution < -0.4 is 0 Å². The third-order valence-electron chi connectivity index (χ3n) is 5.70. The number of piperidine rings is 1. The lowest BCUT2D eigenvalue weighted by molar-refractivity contribution is -0.134. The predicted octanol–water partition coefficient (Wildman–Crippen LogP) is 2.56. The van der Waals surface area contributed by atoms with Gasteiger partial charge in [-0.2, -0.15) is 0 Å². The molecule has 0 unspecified atom stereocenters. The summed E-state index contributed by atoms with van der Waals surface area (Å²) in [5.74, 6) is 0.457. The van der Waals surface area contributed by atoms with Gasteiger partial charge in [-0.25, -0.2) is 4.79 Å². The van der Waals surface area contributed by atoms with E-state index in [1.165, 1.54) is 5.56 Å². The van der Waals surface area contributed by atoms with Gasteiger partial charge >= 0.3 is 6.09 Å². The normalized spacial score (nSPS) is 20.2. The lowest BCUT2D eigenvalue weighted by atomic mass is 9.90. The Morgan fingerprint density at radius 3 is 2.52 bits per heavy atom. The van der Waals surface area contributed by atoms with Crippen molar-refractivity contribution in [2.45, 2.75) is 37.7 Å². The van der Waals surface area contributed by atoms with Crippen LogP contribution in [0.2, 0.25) is 0 Å². The zero-order valence-corrected chi connectivity index (χ0v) is 16.7. The summed E-state index contributed by atoms with van der Waals surface area (Å²) in [4.78, 5) is 30.5. The molecule has 148 valence electrons. The zero-order chi connectivity index (χ0) is 19.4. The van der Waals surface area contributed by atoms with E-state index in [9.17, 15) is 9.59 Å². The number of rotatable bonds is 6. The molecule has 1 aromatic rings. The predicted molar refractivity (Wildman–Crippen MR) is 105 cm³/mol. The maximum atomic E-state index is 12.4. The maximum Gasteiger partial charge on any atom is 0.410 e. The third-order valence-corrected chi connectivity index (χ3v) is 5.70. The van der Waals surface area contributed by atoms with Crippen LogP contribution in [0.15, 0.2) is 30.3 Å². The zero-order valence-electron chi connectivity index (χ0n) is 16.7. The quantitative estimate of drug-likeness (QED) is 0.769. The number of nitrogens with zero attached hydrogens (tertiary/aromatic N) is 3. The summed E-state index contributed by atoms with van der Waals surface area (Å²) in [6.45, 7) is 5.53. The van der Waals surface area contributed by atoms with E-state index >= 15 is 0 Å². The van der Waals surface area contributed by atoms with Gasteiger partial charge in [0.15, 0.2) is 0 Å². The lowest BCUT2D eigenvalue weighted by Gasteiger charge is -2.37. The number of ether oxygens (including phenoxy) is 1. The molecular weight excluding hydrogens is 342 g/mol. The second kappa shape index (κ2) is 8.30. The van der Waals surface area contributed by atoms with Gasteiger partial charge in [-0.05, 0) is 25.6 Å². The Labute approximate surface area is 162 Å². The van der Waals surface area contributed by atoms with Gasteiger partial charge in [0.1, 0.15) is 5.60 Å². The molecule has 0 bridgehead atoms. The van der Waals surface area contributed by atoms with Crippen LogP contribution in [0.5, 0.6) is 0 Å². The van der Waals surface area contributed by atoms with E-state index in [2.05, 4.69) is 19.1 Å². The summed E-state index contributed by atoms with van der Waals surface area (Å²) in [5, 5.41) is 0. The van der Waals surface area contributed by atoms with Crippen LogP contribution in [-0.2, 0) is 9.53 Å². The molecule has 0 saturated carbocycles. The van der Waals surface area contributed by atoms with Crippen molar-refractivity contribution >= 4 is 12.0 Å². The first-order chi connectivity index (χ1) is 12.9. The number of likely N-dealkylation sites (tertiary alicyclic amines) is 1. The summed E-state index contributed by atoms with van der Waals surface area (Å²) in [5.41, 5.74) is 0.804. The molecule has 6 nitrogen and oxygen atoms in total. The molecule has 27 heavy (non-hydrogen) atoms. The van der Waals surface area contributed by atoms with Crippen molar-refractivity contribution in [3.05, 3.63) is 35.9 Å². The van der Waals surface area contributed by atoms with Crippen LogP contribution in [0.4, 0.5) is 4.79 Å². The standard InChI is InChI=1S/C21H31N3O3/c1-17(18-7-5-4-6-8-18)15-24-16-21(27-20(24)26)10-13-23(14-11-21)19(25)9-12-22(2)3/h4-8,17H,9-16H2,1-3H3/t17-/m0/s1. The Hall–Kier alpha value is -2.08. The van der Waals surface area contributed by atoms with E-state index in [1.54, 1.807) is 0 Å². The number of carbonyl (C=O) groups excluding carboxylic acids is 2. The smallest absolute Gasteiger partial charge is 0.410 e. The third kappa shape index (κ3) is 4.80. The molecule has 0 aliphatic carbocycles. The topological polar surface area (TPSA) is 53.1 Å². The second-order valence-electron chi connectivity index (χ2n) is 8.18. The summed E-state index contributed by atoms with van der Waals surface area (Å²) in [6, 6.07) is 10.2. The summed E-state index contributed by atoms with van der Waals surface area (Å²) in [7, 11) is 3.95. The van der Waals surface area contributed by atoms with E-state index in [4.69, 9.17) is 4.74 Å². The van der Waals surface area contributed by atoms with Crippen molar-refractivity contribution in [2.24, 2.45) is 0 Å². The highest BCUT2D eigenvalue weighted by Gasteiger charge is 2.47. The highest BCUT2D eigenvalue weighted by molar-refractivity contribution is 5.76. The molecule has 1 spiro atoms. The minimum atomic E-state index is -0.425. The first kappa shape index (κ1) is 19.7. The first-order valence-corrected chi connectivity index (χ1v) is 9.84. The first-order valence-electron chi connectivity index (χ1n) is 9.84. The average molecular weight is 373 g/mol. The van der Waals surface area contributed by atoms with E-state index in [0.717, 1.165) is 19.4 Å². The van der Waals surface area contributed by atoms with Crippen LogP contribution in [0, 0.1) is 0 Å². The summed E-state index contributed by atoms with van der Waals surface area (Å²) >= 11 is 0. The van der Waals surface area contributed by atoms with Crippen molar-refractivity contribution in [3.63, 3.8) is 0 Å². The number of hydrogen-bond donors (Lipinski definition) is 0. The van der Waals surface area contributed by atoms with Gasteiger partial charge < -0.3 is 19.4 Å². The Morgan fingerprint density at radius 2 is 1.89 bits per heavy atom. The van der Waals surface area contributed by atoms with Crippen LogP contribution >= 0.6 is 0 Å². The molecule has 0 aromatic heterocycles. The van der Waals surface area contributed by atoms with Crippen LogP contribution in [0.3, 0.4) is 0 Å². The molecule has 2 fully saturated rings. The monoisotopic (exact) mass is 373 g/mol. The molecular formula is C21H31N3O3. The van der Waals surface area contributed by atoms with Crippen LogP contribution in [-0.4, -0.2) is 79.1 Å². The highest BCUT2D eigenvalue weighted by atomic mass is 16.6. The van der Waals surface area contributed by atoms with E-state index in [1.807, 2.05) is 47.0 Å². The van der Waals surface area contributed by atoms with Gasteiger partial charge in [0.05, 0.1) is 6.54 Å². The summed E-state index contributed by atoms with van der Waals surface area (Å²) in [6.07, 6.45) is 1.77. The maximum absolute atomic E-state index is 12.4. The molecule has 2 amide bonds. The number of carbonyl (C=O) groups is 2. The molecule has 0 N–H and O–H groups in total. The molecule has 2 aliphatic rings. The number of hydrogen-bond acceptors (Lipinski definition) is 4. The fraction of sp³-hybridized carbons (Fsp3) is 0.619. The highest BCUT2D eigenvalue weighted by Crippen LogP contribution is 2.34. The Bertz CT molecular complexity index is 654. The molecule has 2 aliphatic heterocycles. The Kier molecular flexibility index (Phi) is 6.05. The van der Waals surface area contributed by atoms with Crippen molar-refractivity contribution in [1.29, 1.82) is 0 Å². The largest absolute Gasteiger partial charge is 0.441 e. The molecule has 2 saturated heterocycles. The molecule has 1 atom stereocenters. The minimum Gasteiger partial charge on any atom is -0.441 e. The van der Waals surface area contributed by atoms with Crippen molar-refractivity contribution in [2.75, 3.05) is 46.8 Å². The number of amides is 2. The number of benzene rings is 1. The van der Waals surface area contributed by atoms with E-state index in [0.29, 0.717) is 32.6 Å². The molecule has 6 heteroatoms. The average Bonchev–Trinajstić information content (AvgIpc) is 2.95. The van der Waals surface area contributed by atoms with Gasteiger partial charge in [-0.15, -0.1) is 0 Å². The van der Waals surface area contributed by atoms with Crippen LogP contribution in [0.25, 0.3) is 0 Å². The van der Waals surface area contributed by atoms with Crippen molar-refractivity contribution < 1.29 is 14.3 Å². The Morgan fingerprint density at radius 1 is 1.22 bits per heavy atom. The van der Waals surface area contributed by atoms with Gasteiger partial charge in [0.2, 0.25) is 5.91 Å². The van der Waals surface area contributed by atoms with E-state index < -0.39 is 5.60 Å². The fourth-order valence-electron chi connectivity index (χ4n) is 3.95. The van der Waals surface area contributed by atoms with Crippen LogP contribution in [0.1, 0.15) is 37.7 Å². The van der Waals surface area contributed by atoms with Gasteiger partial charge in [0.25, 0.3) is 0 Å².